The summed E-state index contributed by atoms with van der Waals surface area (Å²) in [5.41, 5.74) is 5.50. The van der Waals surface area contributed by atoms with Crippen molar-refractivity contribution in [2.24, 2.45) is 22.7 Å². The number of nitrogens with two attached hydrogens (primary N) is 1. The van der Waals surface area contributed by atoms with Gasteiger partial charge in [0.05, 0.1) is 5.92 Å². The monoisotopic (exact) mass is 243 g/mol. The van der Waals surface area contributed by atoms with Gasteiger partial charge in [-0.3, -0.25) is 4.79 Å². The first-order valence-electron chi connectivity index (χ1n) is 6.01. The topological polar surface area (TPSA) is 99.2 Å². The summed E-state index contributed by atoms with van der Waals surface area (Å²) in [5.74, 6) is -0.352. The zero-order chi connectivity index (χ0) is 12.8. The number of rotatable bonds is 4. The minimum atomic E-state index is -0.536. The number of nitrogens with zero attached hydrogens (tertiary/aromatic N) is 2. The van der Waals surface area contributed by atoms with Gasteiger partial charge in [0.1, 0.15) is 0 Å². The molecule has 1 rings (SSSR count). The molecule has 0 bridgehead atoms. The van der Waals surface area contributed by atoms with E-state index in [1.807, 2.05) is 6.92 Å². The fraction of sp³-hybridized carbons (Fsp3) is 0.818. The van der Waals surface area contributed by atoms with Crippen LogP contribution in [0.3, 0.4) is 0 Å². The Hall–Kier alpha value is -1.30. The number of oxime groups is 1. The maximum absolute atomic E-state index is 12.1. The van der Waals surface area contributed by atoms with E-state index in [1.54, 1.807) is 4.90 Å². The zero-order valence-corrected chi connectivity index (χ0v) is 10.2. The molecule has 1 fully saturated rings. The van der Waals surface area contributed by atoms with Gasteiger partial charge in [0.25, 0.3) is 0 Å². The molecule has 4 N–H and O–H groups in total. The van der Waals surface area contributed by atoms with Crippen molar-refractivity contribution in [1.82, 2.24) is 4.90 Å². The van der Waals surface area contributed by atoms with Gasteiger partial charge in [-0.05, 0) is 25.2 Å². The summed E-state index contributed by atoms with van der Waals surface area (Å²) >= 11 is 0. The number of aliphatic hydroxyl groups is 1. The summed E-state index contributed by atoms with van der Waals surface area (Å²) in [4.78, 5) is 13.9. The Balaban J connectivity index is 2.58. The molecule has 0 aliphatic carbocycles. The van der Waals surface area contributed by atoms with E-state index >= 15 is 0 Å². The Labute approximate surface area is 101 Å². The summed E-state index contributed by atoms with van der Waals surface area (Å²) in [7, 11) is 0. The molecule has 0 aromatic rings. The number of piperidine rings is 1. The molecule has 0 aromatic carbocycles. The standard InChI is InChI=1S/C11H21N3O3/c1-2-9(10(12)13-17)11(16)14-5-3-8(7-15)4-6-14/h8-9,15,17H,2-7H2,1H3,(H2,12,13). The van der Waals surface area contributed by atoms with Gasteiger partial charge < -0.3 is 20.9 Å². The molecule has 1 saturated heterocycles. The summed E-state index contributed by atoms with van der Waals surface area (Å²) in [6.45, 7) is 3.29. The Morgan fingerprint density at radius 3 is 2.53 bits per heavy atom. The fourth-order valence-corrected chi connectivity index (χ4v) is 2.14. The van der Waals surface area contributed by atoms with Gasteiger partial charge in [-0.25, -0.2) is 0 Å². The Bertz CT molecular complexity index is 286. The highest BCUT2D eigenvalue weighted by molar-refractivity contribution is 6.02. The lowest BCUT2D eigenvalue weighted by Gasteiger charge is -2.33. The highest BCUT2D eigenvalue weighted by Crippen LogP contribution is 2.19. The molecule has 17 heavy (non-hydrogen) atoms. The third kappa shape index (κ3) is 3.33. The maximum Gasteiger partial charge on any atom is 0.233 e. The molecule has 1 amide bonds. The van der Waals surface area contributed by atoms with E-state index in [1.165, 1.54) is 0 Å². The van der Waals surface area contributed by atoms with E-state index in [-0.39, 0.29) is 18.3 Å². The van der Waals surface area contributed by atoms with E-state index in [4.69, 9.17) is 16.0 Å². The lowest BCUT2D eigenvalue weighted by atomic mass is 9.95. The highest BCUT2D eigenvalue weighted by atomic mass is 16.4. The second-order valence-electron chi connectivity index (χ2n) is 4.44. The fourth-order valence-electron chi connectivity index (χ4n) is 2.14. The van der Waals surface area contributed by atoms with Gasteiger partial charge in [-0.15, -0.1) is 0 Å². The van der Waals surface area contributed by atoms with Crippen LogP contribution in [0.25, 0.3) is 0 Å². The van der Waals surface area contributed by atoms with Crippen molar-refractivity contribution < 1.29 is 15.1 Å². The van der Waals surface area contributed by atoms with E-state index in [0.717, 1.165) is 12.8 Å². The number of amides is 1. The SMILES string of the molecule is CCC(C(=O)N1CCC(CO)CC1)/C(N)=N/O. The number of hydrogen-bond donors (Lipinski definition) is 3. The van der Waals surface area contributed by atoms with Crippen molar-refractivity contribution in [3.8, 4) is 0 Å². The van der Waals surface area contributed by atoms with Crippen LogP contribution in [0.4, 0.5) is 0 Å². The molecule has 1 aliphatic heterocycles. The molecule has 6 nitrogen and oxygen atoms in total. The molecule has 0 saturated carbocycles. The number of aliphatic hydroxyl groups excluding tert-OH is 1. The Morgan fingerprint density at radius 2 is 2.12 bits per heavy atom. The highest BCUT2D eigenvalue weighted by Gasteiger charge is 2.29. The molecule has 1 heterocycles. The summed E-state index contributed by atoms with van der Waals surface area (Å²) in [6.07, 6.45) is 2.15. The first-order chi connectivity index (χ1) is 8.13. The van der Waals surface area contributed by atoms with Gasteiger partial charge in [-0.2, -0.15) is 0 Å². The van der Waals surface area contributed by atoms with Crippen molar-refractivity contribution >= 4 is 11.7 Å². The van der Waals surface area contributed by atoms with Crippen LogP contribution in [0.15, 0.2) is 5.16 Å². The Morgan fingerprint density at radius 1 is 1.53 bits per heavy atom. The average molecular weight is 243 g/mol. The zero-order valence-electron chi connectivity index (χ0n) is 10.2. The lowest BCUT2D eigenvalue weighted by Crippen LogP contribution is -2.45. The number of amidine groups is 1. The van der Waals surface area contributed by atoms with Crippen molar-refractivity contribution in [3.63, 3.8) is 0 Å². The van der Waals surface area contributed by atoms with Crippen molar-refractivity contribution in [3.05, 3.63) is 0 Å². The van der Waals surface area contributed by atoms with Crippen LogP contribution in [0.1, 0.15) is 26.2 Å². The molecule has 0 radical (unpaired) electrons. The largest absolute Gasteiger partial charge is 0.409 e. The molecule has 1 aliphatic rings. The van der Waals surface area contributed by atoms with Crippen LogP contribution >= 0.6 is 0 Å². The predicted molar refractivity (Wildman–Crippen MR) is 63.6 cm³/mol. The van der Waals surface area contributed by atoms with Gasteiger partial charge >= 0.3 is 0 Å². The smallest absolute Gasteiger partial charge is 0.233 e. The van der Waals surface area contributed by atoms with Gasteiger partial charge in [0, 0.05) is 19.7 Å². The summed E-state index contributed by atoms with van der Waals surface area (Å²) in [6, 6.07) is 0. The van der Waals surface area contributed by atoms with Crippen LogP contribution in [-0.2, 0) is 4.79 Å². The van der Waals surface area contributed by atoms with Crippen LogP contribution in [0.5, 0.6) is 0 Å². The first kappa shape index (κ1) is 13.8. The molecular formula is C11H21N3O3. The molecule has 0 aromatic heterocycles. The number of likely N-dealkylation sites (tertiary alicyclic amines) is 1. The summed E-state index contributed by atoms with van der Waals surface area (Å²) in [5, 5.41) is 20.6. The van der Waals surface area contributed by atoms with Crippen molar-refractivity contribution in [2.75, 3.05) is 19.7 Å². The van der Waals surface area contributed by atoms with Crippen molar-refractivity contribution in [2.45, 2.75) is 26.2 Å². The number of hydrogen-bond acceptors (Lipinski definition) is 4. The third-order valence-corrected chi connectivity index (χ3v) is 3.36. The second-order valence-corrected chi connectivity index (χ2v) is 4.44. The molecule has 1 unspecified atom stereocenters. The van der Waals surface area contributed by atoms with E-state index < -0.39 is 5.92 Å². The molecule has 1 atom stereocenters. The summed E-state index contributed by atoms with van der Waals surface area (Å²) < 4.78 is 0. The van der Waals surface area contributed by atoms with E-state index in [9.17, 15) is 4.79 Å². The first-order valence-corrected chi connectivity index (χ1v) is 6.01. The van der Waals surface area contributed by atoms with Crippen molar-refractivity contribution in [1.29, 1.82) is 0 Å². The van der Waals surface area contributed by atoms with Crippen LogP contribution in [0, 0.1) is 11.8 Å². The predicted octanol–water partition coefficient (Wildman–Crippen LogP) is -0.0101. The third-order valence-electron chi connectivity index (χ3n) is 3.36. The minimum Gasteiger partial charge on any atom is -0.409 e. The maximum atomic E-state index is 12.1. The average Bonchev–Trinajstić information content (AvgIpc) is 2.39. The second kappa shape index (κ2) is 6.44. The lowest BCUT2D eigenvalue weighted by molar-refractivity contribution is -0.135. The molecule has 98 valence electrons. The van der Waals surface area contributed by atoms with Gasteiger partial charge in [0.15, 0.2) is 5.84 Å². The van der Waals surface area contributed by atoms with E-state index in [0.29, 0.717) is 25.4 Å². The molecule has 0 spiro atoms. The van der Waals surface area contributed by atoms with E-state index in [2.05, 4.69) is 5.16 Å². The van der Waals surface area contributed by atoms with Crippen LogP contribution in [0.2, 0.25) is 0 Å². The quantitative estimate of drug-likeness (QED) is 0.280. The number of carbonyl (C=O) groups excluding carboxylic acids is 1. The molecule has 6 heteroatoms. The van der Waals surface area contributed by atoms with Crippen LogP contribution in [-0.4, -0.2) is 46.7 Å². The Kier molecular flexibility index (Phi) is 5.21. The van der Waals surface area contributed by atoms with Gasteiger partial charge in [-0.1, -0.05) is 12.1 Å². The number of carbonyl (C=O) groups is 1. The minimum absolute atomic E-state index is 0.0261. The normalized spacial score (nSPS) is 20.4. The van der Waals surface area contributed by atoms with Crippen LogP contribution < -0.4 is 5.73 Å². The molecular weight excluding hydrogens is 222 g/mol. The van der Waals surface area contributed by atoms with Gasteiger partial charge in [0.2, 0.25) is 5.91 Å².